The van der Waals surface area contributed by atoms with Crippen LogP contribution in [0, 0.1) is 0 Å². The van der Waals surface area contributed by atoms with Crippen LogP contribution < -0.4 is 10.6 Å². The van der Waals surface area contributed by atoms with Crippen LogP contribution in [-0.2, 0) is 17.0 Å². The van der Waals surface area contributed by atoms with E-state index in [2.05, 4.69) is 136 Å². The van der Waals surface area contributed by atoms with Gasteiger partial charge in [0, 0.05) is 33.5 Å². The van der Waals surface area contributed by atoms with Gasteiger partial charge in [-0.05, 0) is 48.2 Å². The minimum Gasteiger partial charge on any atom is -0.361 e. The summed E-state index contributed by atoms with van der Waals surface area (Å²) in [6, 6.07) is 34.8. The van der Waals surface area contributed by atoms with Crippen LogP contribution in [0.15, 0.2) is 109 Å². The number of carbonyl (C=O) groups excluding carboxylic acids is 1. The molecule has 1 fully saturated rings. The number of benzene rings is 3. The number of anilines is 1. The molecule has 2 N–H and O–H groups in total. The lowest BCUT2D eigenvalue weighted by Crippen LogP contribution is -2.57. The highest BCUT2D eigenvalue weighted by molar-refractivity contribution is 6.76. The van der Waals surface area contributed by atoms with E-state index in [9.17, 15) is 4.79 Å². The third-order valence-corrected chi connectivity index (χ3v) is 10.4. The van der Waals surface area contributed by atoms with Crippen molar-refractivity contribution in [2.45, 2.75) is 56.8 Å². The summed E-state index contributed by atoms with van der Waals surface area (Å²) in [5.41, 5.74) is 4.55. The van der Waals surface area contributed by atoms with Gasteiger partial charge in [-0.2, -0.15) is 0 Å². The molecule has 3 aromatic carbocycles. The lowest BCUT2D eigenvalue weighted by atomic mass is 9.74. The summed E-state index contributed by atoms with van der Waals surface area (Å²) in [6.45, 7) is 9.80. The largest absolute Gasteiger partial charge is 0.361 e. The summed E-state index contributed by atoms with van der Waals surface area (Å²) in [5, 5.41) is 6.17. The van der Waals surface area contributed by atoms with Crippen LogP contribution in [0.1, 0.15) is 29.5 Å². The van der Waals surface area contributed by atoms with Crippen molar-refractivity contribution in [3.63, 3.8) is 0 Å². The van der Waals surface area contributed by atoms with Crippen molar-refractivity contribution in [2.75, 3.05) is 25.0 Å². The van der Waals surface area contributed by atoms with E-state index in [0.29, 0.717) is 24.6 Å². The number of fused-ring (bicyclic) bond motifs is 1. The predicted octanol–water partition coefficient (Wildman–Crippen LogP) is 7.32. The van der Waals surface area contributed by atoms with Crippen molar-refractivity contribution < 1.29 is 9.53 Å². The fourth-order valence-electron chi connectivity index (χ4n) is 6.49. The number of hydrogen-bond acceptors (Lipinski definition) is 5. The van der Waals surface area contributed by atoms with Crippen molar-refractivity contribution in [1.29, 1.82) is 0 Å². The second-order valence-corrected chi connectivity index (χ2v) is 18.9. The van der Waals surface area contributed by atoms with Gasteiger partial charge in [-0.25, -0.2) is 14.8 Å². The van der Waals surface area contributed by atoms with Crippen LogP contribution in [0.25, 0.3) is 11.2 Å². The second-order valence-electron chi connectivity index (χ2n) is 13.3. The van der Waals surface area contributed by atoms with E-state index in [1.54, 1.807) is 6.20 Å². The average molecular weight is 633 g/mol. The molecule has 9 heteroatoms. The van der Waals surface area contributed by atoms with Gasteiger partial charge in [0.1, 0.15) is 12.2 Å². The molecule has 1 aliphatic heterocycles. The van der Waals surface area contributed by atoms with Crippen LogP contribution in [0.5, 0.6) is 0 Å². The molecule has 238 valence electrons. The zero-order valence-electron chi connectivity index (χ0n) is 27.0. The van der Waals surface area contributed by atoms with Crippen LogP contribution in [0.3, 0.4) is 0 Å². The molecule has 0 radical (unpaired) electrons. The summed E-state index contributed by atoms with van der Waals surface area (Å²) in [7, 11) is -1.14. The van der Waals surface area contributed by atoms with Crippen LogP contribution in [-0.4, -0.2) is 59.3 Å². The van der Waals surface area contributed by atoms with Crippen molar-refractivity contribution >= 4 is 31.1 Å². The molecular formula is C37H44N6O2Si. The quantitative estimate of drug-likeness (QED) is 0.0906. The summed E-state index contributed by atoms with van der Waals surface area (Å²) < 4.78 is 7.85. The molecule has 1 atom stereocenters. The molecule has 1 saturated heterocycles. The zero-order valence-corrected chi connectivity index (χ0v) is 28.0. The first-order valence-corrected chi connectivity index (χ1v) is 19.9. The number of piperidine rings is 1. The number of nitrogens with one attached hydrogen (secondary N) is 2. The molecule has 8 nitrogen and oxygen atoms in total. The minimum absolute atomic E-state index is 0.0460. The Morgan fingerprint density at radius 2 is 1.52 bits per heavy atom. The van der Waals surface area contributed by atoms with Gasteiger partial charge in [0.2, 0.25) is 0 Å². The zero-order chi connectivity index (χ0) is 32.0. The monoisotopic (exact) mass is 632 g/mol. The summed E-state index contributed by atoms with van der Waals surface area (Å²) in [6.07, 6.45) is 5.39. The van der Waals surface area contributed by atoms with E-state index >= 15 is 0 Å². The Bertz CT molecular complexity index is 1630. The minimum atomic E-state index is -1.14. The molecule has 5 aromatic rings. The number of urea groups is 1. The maximum Gasteiger partial charge on any atom is 0.320 e. The van der Waals surface area contributed by atoms with E-state index in [1.165, 1.54) is 16.7 Å². The first-order valence-electron chi connectivity index (χ1n) is 16.2. The highest BCUT2D eigenvalue weighted by Gasteiger charge is 2.44. The lowest BCUT2D eigenvalue weighted by Gasteiger charge is -2.49. The number of aromatic nitrogens is 3. The molecule has 2 amide bonds. The Labute approximate surface area is 272 Å². The fourth-order valence-corrected chi connectivity index (χ4v) is 7.25. The Hall–Kier alpha value is -4.31. The molecule has 2 aromatic heterocycles. The Morgan fingerprint density at radius 1 is 0.913 bits per heavy atom. The molecule has 3 heterocycles. The van der Waals surface area contributed by atoms with Crippen molar-refractivity contribution in [2.24, 2.45) is 0 Å². The van der Waals surface area contributed by atoms with Crippen LogP contribution >= 0.6 is 0 Å². The molecule has 0 bridgehead atoms. The normalized spacial score (nSPS) is 15.9. The molecule has 0 spiro atoms. The van der Waals surface area contributed by atoms with Crippen molar-refractivity contribution in [3.8, 4) is 0 Å². The topological polar surface area (TPSA) is 84.3 Å². The number of ether oxygens (including phenoxy) is 1. The second kappa shape index (κ2) is 14.0. The number of hydrogen-bond donors (Lipinski definition) is 2. The van der Waals surface area contributed by atoms with Gasteiger partial charge in [-0.1, -0.05) is 111 Å². The third kappa shape index (κ3) is 7.07. The lowest BCUT2D eigenvalue weighted by molar-refractivity contribution is 0.0899. The third-order valence-electron chi connectivity index (χ3n) is 8.74. The Kier molecular flexibility index (Phi) is 9.63. The van der Waals surface area contributed by atoms with Gasteiger partial charge in [0.05, 0.1) is 11.7 Å². The summed E-state index contributed by atoms with van der Waals surface area (Å²) in [4.78, 5) is 25.1. The Morgan fingerprint density at radius 3 is 2.11 bits per heavy atom. The molecule has 1 unspecified atom stereocenters. The number of carbonyl (C=O) groups is 1. The molecule has 46 heavy (non-hydrogen) atoms. The van der Waals surface area contributed by atoms with Gasteiger partial charge < -0.3 is 14.6 Å². The number of amides is 2. The molecule has 1 aliphatic rings. The molecular weight excluding hydrogens is 589 g/mol. The summed E-state index contributed by atoms with van der Waals surface area (Å²) >= 11 is 0. The number of nitrogens with zero attached hydrogens (tertiary/aromatic N) is 4. The first kappa shape index (κ1) is 31.7. The van der Waals surface area contributed by atoms with Crippen molar-refractivity contribution in [1.82, 2.24) is 24.8 Å². The van der Waals surface area contributed by atoms with E-state index in [-0.39, 0.29) is 12.1 Å². The Balaban J connectivity index is 1.18. The van der Waals surface area contributed by atoms with Gasteiger partial charge in [0.15, 0.2) is 11.5 Å². The number of rotatable bonds is 11. The molecule has 0 aliphatic carbocycles. The first-order chi connectivity index (χ1) is 22.3. The van der Waals surface area contributed by atoms with Crippen LogP contribution in [0.2, 0.25) is 25.7 Å². The van der Waals surface area contributed by atoms with E-state index in [1.807, 2.05) is 16.8 Å². The van der Waals surface area contributed by atoms with Crippen LogP contribution in [0.4, 0.5) is 10.6 Å². The fraction of sp³-hybridized carbons (Fsp3) is 0.324. The van der Waals surface area contributed by atoms with Gasteiger partial charge in [-0.3, -0.25) is 10.2 Å². The smallest absolute Gasteiger partial charge is 0.320 e. The predicted molar refractivity (Wildman–Crippen MR) is 188 cm³/mol. The summed E-state index contributed by atoms with van der Waals surface area (Å²) in [5.74, 6) is 0.419. The van der Waals surface area contributed by atoms with Gasteiger partial charge in [-0.15, -0.1) is 0 Å². The highest BCUT2D eigenvalue weighted by atomic mass is 28.3. The van der Waals surface area contributed by atoms with E-state index in [4.69, 9.17) is 4.74 Å². The van der Waals surface area contributed by atoms with E-state index < -0.39 is 13.6 Å². The number of likely N-dealkylation sites (tertiary alicyclic amines) is 1. The maximum atomic E-state index is 13.3. The molecule has 0 saturated carbocycles. The maximum absolute atomic E-state index is 13.3. The average Bonchev–Trinajstić information content (AvgIpc) is 3.47. The van der Waals surface area contributed by atoms with E-state index in [0.717, 1.165) is 37.7 Å². The highest BCUT2D eigenvalue weighted by Crippen LogP contribution is 2.43. The van der Waals surface area contributed by atoms with Gasteiger partial charge in [0.25, 0.3) is 0 Å². The standard InChI is InChI=1S/C37H44N6O2Si/c1-46(2,3)25-24-45-28-42-23-21-33-35(42)38-26-34(40-33)41-36(44)39-32-20-13-22-43(27-32)37(29-14-7-4-8-15-29,30-16-9-5-10-17-30)31-18-11-6-12-19-31/h4-12,14-19,21,23,26,32H,13,20,22,24-25,27-28H2,1-3H3,(H2,39,40,41,44). The van der Waals surface area contributed by atoms with Crippen molar-refractivity contribution in [3.05, 3.63) is 126 Å². The molecule has 6 rings (SSSR count). The van der Waals surface area contributed by atoms with Gasteiger partial charge >= 0.3 is 6.03 Å². The SMILES string of the molecule is C[Si](C)(C)CCOCn1ccc2nc(NC(=O)NC3CCCN(C(c4ccccc4)(c4ccccc4)c4ccccc4)C3)cnc21.